The zero-order valence-electron chi connectivity index (χ0n) is 31.3. The van der Waals surface area contributed by atoms with Gasteiger partial charge >= 0.3 is 5.97 Å². The molecule has 2 amide bonds. The van der Waals surface area contributed by atoms with Gasteiger partial charge in [-0.2, -0.15) is 23.5 Å². The van der Waals surface area contributed by atoms with Crippen molar-refractivity contribution in [2.75, 3.05) is 75.3 Å². The molecule has 0 saturated heterocycles. The van der Waals surface area contributed by atoms with E-state index in [1.807, 2.05) is 0 Å². The maximum Gasteiger partial charge on any atom is 0.307 e. The van der Waals surface area contributed by atoms with Gasteiger partial charge in [-0.1, -0.05) is 0 Å². The van der Waals surface area contributed by atoms with Crippen LogP contribution < -0.4 is 16.0 Å². The third-order valence-electron chi connectivity index (χ3n) is 7.65. The Morgan fingerprint density at radius 2 is 1.35 bits per heavy atom. The molecule has 0 aromatic heterocycles. The van der Waals surface area contributed by atoms with Crippen LogP contribution in [0.25, 0.3) is 0 Å². The number of carbonyl (C=O) groups excluding carboxylic acids is 5. The number of rotatable bonds is 36. The molecule has 0 aliphatic rings. The Kier molecular flexibility index (Phi) is 30.7. The number of likely N-dealkylation sites (N-methyl/N-ethyl adjacent to an activating group) is 1. The number of aliphatic carboxylic acids is 1. The summed E-state index contributed by atoms with van der Waals surface area (Å²) in [5.41, 5.74) is -2.03. The zero-order valence-corrected chi connectivity index (χ0v) is 33.7. The number of carboxylic acid groups (broad SMARTS) is 1. The number of carbonyl (C=O) groups is 6. The molecule has 0 radical (unpaired) electrons. The van der Waals surface area contributed by atoms with E-state index < -0.39 is 64.7 Å². The largest absolute Gasteiger partial charge is 0.481 e. The molecular formula is C33H59N3O16S3. The van der Waals surface area contributed by atoms with Gasteiger partial charge in [0.2, 0.25) is 5.91 Å². The van der Waals surface area contributed by atoms with Gasteiger partial charge in [-0.15, -0.1) is 0 Å². The Hall–Kier alpha value is -2.09. The minimum Gasteiger partial charge on any atom is -0.481 e. The van der Waals surface area contributed by atoms with Crippen LogP contribution in [0.4, 0.5) is 0 Å². The molecule has 10 N–H and O–H groups in total. The number of aliphatic hydroxyl groups is 6. The fraction of sp³-hybridized carbons (Fsp3) is 0.818. The Bertz CT molecular complexity index is 1180. The predicted molar refractivity (Wildman–Crippen MR) is 205 cm³/mol. The van der Waals surface area contributed by atoms with Gasteiger partial charge in [0, 0.05) is 69.2 Å². The fourth-order valence-corrected chi connectivity index (χ4v) is 7.50. The zero-order chi connectivity index (χ0) is 41.8. The summed E-state index contributed by atoms with van der Waals surface area (Å²) in [5, 5.41) is 76.1. The van der Waals surface area contributed by atoms with Gasteiger partial charge < -0.3 is 61.2 Å². The quantitative estimate of drug-likeness (QED) is 0.0221. The highest BCUT2D eigenvalue weighted by molar-refractivity contribution is 8.00. The molecule has 3 unspecified atom stereocenters. The maximum absolute atomic E-state index is 12.4. The van der Waals surface area contributed by atoms with E-state index in [4.69, 9.17) is 19.7 Å². The standard InChI is InChI=1S/C33H59N3O16S3/c1-21(37)7-13-51-11-5-12-52-14-8-23(38)16-22(31(45)46)17-53-18-24(39)6-3-9-36-30(44)28(42)27(41)29(43)33(49)55(50)15-4-10-35-26(40)20-54-19-25(34-2)32(47)48/h22,25,27-29,32-34,41-43,47-49H,3-20H2,1-2H3,(H,35,40)(H,36,44)(H,45,46)/t22?,25?,27-,28-,29-,33-,55?/m0/s1. The lowest BCUT2D eigenvalue weighted by Crippen LogP contribution is -2.52. The molecule has 0 heterocycles. The van der Waals surface area contributed by atoms with Crippen LogP contribution in [-0.4, -0.2) is 186 Å². The topological polar surface area (TPSA) is 316 Å². The molecule has 0 saturated carbocycles. The highest BCUT2D eigenvalue weighted by atomic mass is 32.2. The molecule has 0 spiro atoms. The molecule has 320 valence electrons. The van der Waals surface area contributed by atoms with Crippen molar-refractivity contribution in [3.63, 3.8) is 0 Å². The third kappa shape index (κ3) is 26.5. The first kappa shape index (κ1) is 52.9. The van der Waals surface area contributed by atoms with Crippen molar-refractivity contribution < 1.29 is 78.2 Å². The molecule has 0 rings (SSSR count). The van der Waals surface area contributed by atoms with E-state index in [2.05, 4.69) is 16.0 Å². The Morgan fingerprint density at radius 3 is 1.95 bits per heavy atom. The fourth-order valence-electron chi connectivity index (χ4n) is 4.33. The molecule has 22 heteroatoms. The van der Waals surface area contributed by atoms with Crippen molar-refractivity contribution in [3.8, 4) is 0 Å². The Balaban J connectivity index is 4.28. The van der Waals surface area contributed by atoms with Gasteiger partial charge in [0.15, 0.2) is 17.8 Å². The van der Waals surface area contributed by atoms with Crippen LogP contribution in [-0.2, 0) is 49.0 Å². The first-order chi connectivity index (χ1) is 26.0. The number of aliphatic hydroxyl groups excluding tert-OH is 5. The van der Waals surface area contributed by atoms with Crippen molar-refractivity contribution in [3.05, 3.63) is 0 Å². The second-order valence-electron chi connectivity index (χ2n) is 12.4. The monoisotopic (exact) mass is 849 g/mol. The normalized spacial score (nSPS) is 15.4. The highest BCUT2D eigenvalue weighted by Gasteiger charge is 2.36. The highest BCUT2D eigenvalue weighted by Crippen LogP contribution is 2.16. The summed E-state index contributed by atoms with van der Waals surface area (Å²) in [7, 11) is -0.585. The van der Waals surface area contributed by atoms with Crippen molar-refractivity contribution in [2.45, 2.75) is 87.9 Å². The maximum atomic E-state index is 12.4. The molecule has 19 nitrogen and oxygen atoms in total. The van der Waals surface area contributed by atoms with Gasteiger partial charge in [0.05, 0.1) is 47.5 Å². The Labute approximate surface area is 331 Å². The lowest BCUT2D eigenvalue weighted by molar-refractivity contribution is -0.143. The van der Waals surface area contributed by atoms with Gasteiger partial charge in [0.25, 0.3) is 5.91 Å². The number of Topliss-reactive ketones (excluding diaryl/α,β-unsaturated/α-hetero) is 3. The van der Waals surface area contributed by atoms with Crippen LogP contribution in [0.15, 0.2) is 0 Å². The molecule has 7 atom stereocenters. The number of nitrogens with one attached hydrogen (secondary N) is 3. The Morgan fingerprint density at radius 1 is 0.727 bits per heavy atom. The van der Waals surface area contributed by atoms with Crippen LogP contribution in [0.3, 0.4) is 0 Å². The van der Waals surface area contributed by atoms with E-state index in [0.29, 0.717) is 32.7 Å². The molecule has 0 aromatic rings. The molecule has 55 heavy (non-hydrogen) atoms. The van der Waals surface area contributed by atoms with Crippen molar-refractivity contribution >= 4 is 69.5 Å². The molecule has 0 aliphatic heterocycles. The predicted octanol–water partition coefficient (Wildman–Crippen LogP) is -3.07. The van der Waals surface area contributed by atoms with Gasteiger partial charge in [0.1, 0.15) is 29.6 Å². The minimum absolute atomic E-state index is 0.00797. The summed E-state index contributed by atoms with van der Waals surface area (Å²) in [6.45, 7) is 2.69. The van der Waals surface area contributed by atoms with Crippen molar-refractivity contribution in [1.82, 2.24) is 16.0 Å². The van der Waals surface area contributed by atoms with E-state index in [9.17, 15) is 58.5 Å². The smallest absolute Gasteiger partial charge is 0.307 e. The molecule has 0 fully saturated rings. The number of ketones is 3. The number of ether oxygens (including phenoxy) is 2. The number of hydrogen-bond donors (Lipinski definition) is 10. The third-order valence-corrected chi connectivity index (χ3v) is 11.4. The second kappa shape index (κ2) is 31.9. The van der Waals surface area contributed by atoms with E-state index in [1.54, 1.807) is 7.05 Å². The SMILES string of the molecule is CNC(CSCC(=O)NCCCS(=O)[C@H](O)[C@@H](O)[C@@H](O)[C@H](O)C(=O)NCCCC(=O)CSCC(CC(=O)CCOCCCOCCC(C)=O)C(=O)O)C(O)O. The summed E-state index contributed by atoms with van der Waals surface area (Å²) in [6, 6.07) is -0.619. The number of hydrogen-bond acceptors (Lipinski definition) is 18. The van der Waals surface area contributed by atoms with Crippen LogP contribution in [0.1, 0.15) is 51.9 Å². The first-order valence-electron chi connectivity index (χ1n) is 17.8. The number of amides is 2. The van der Waals surface area contributed by atoms with Crippen LogP contribution in [0, 0.1) is 5.92 Å². The summed E-state index contributed by atoms with van der Waals surface area (Å²) < 4.78 is 23.0. The lowest BCUT2D eigenvalue weighted by Gasteiger charge is -2.25. The van der Waals surface area contributed by atoms with Gasteiger partial charge in [-0.25, -0.2) is 0 Å². The molecule has 0 aliphatic carbocycles. The minimum atomic E-state index is -2.20. The number of carboxylic acids is 1. The van der Waals surface area contributed by atoms with Gasteiger partial charge in [-0.05, 0) is 33.2 Å². The summed E-state index contributed by atoms with van der Waals surface area (Å²) >= 11 is 2.21. The van der Waals surface area contributed by atoms with E-state index in [1.165, 1.54) is 6.92 Å². The number of thioether (sulfide) groups is 2. The average molecular weight is 850 g/mol. The van der Waals surface area contributed by atoms with E-state index in [0.717, 1.165) is 23.5 Å². The summed E-state index contributed by atoms with van der Waals surface area (Å²) in [4.78, 5) is 71.1. The summed E-state index contributed by atoms with van der Waals surface area (Å²) in [5.74, 6) is -4.06. The van der Waals surface area contributed by atoms with Gasteiger partial charge in [-0.3, -0.25) is 33.0 Å². The van der Waals surface area contributed by atoms with Crippen molar-refractivity contribution in [2.24, 2.45) is 5.92 Å². The molecule has 0 bridgehead atoms. The van der Waals surface area contributed by atoms with Crippen LogP contribution >= 0.6 is 23.5 Å². The van der Waals surface area contributed by atoms with E-state index >= 15 is 0 Å². The lowest BCUT2D eigenvalue weighted by atomic mass is 10.0. The molecular weight excluding hydrogens is 791 g/mol. The van der Waals surface area contributed by atoms with Crippen LogP contribution in [0.2, 0.25) is 0 Å². The van der Waals surface area contributed by atoms with Crippen LogP contribution in [0.5, 0.6) is 0 Å². The van der Waals surface area contributed by atoms with E-state index in [-0.39, 0.29) is 104 Å². The van der Waals surface area contributed by atoms with Crippen molar-refractivity contribution in [1.29, 1.82) is 0 Å². The molecule has 0 aromatic carbocycles. The second-order valence-corrected chi connectivity index (χ2v) is 16.1. The average Bonchev–Trinajstić information content (AvgIpc) is 3.13. The summed E-state index contributed by atoms with van der Waals surface area (Å²) in [6.07, 6.45) is -7.15. The first-order valence-corrected chi connectivity index (χ1v) is 21.4.